The lowest BCUT2D eigenvalue weighted by atomic mass is 10.2. The molecule has 1 N–H and O–H groups in total. The number of nitriles is 1. The molecule has 0 saturated heterocycles. The molecule has 0 rings (SSSR count). The van der Waals surface area contributed by atoms with E-state index in [1.807, 2.05) is 0 Å². The summed E-state index contributed by atoms with van der Waals surface area (Å²) in [6.45, 7) is 3.28. The van der Waals surface area contributed by atoms with Crippen LogP contribution in [-0.2, 0) is 4.79 Å². The Labute approximate surface area is 53.2 Å². The Morgan fingerprint density at radius 1 is 2.00 bits per heavy atom. The minimum atomic E-state index is -1.07. The third kappa shape index (κ3) is 3.44. The zero-order valence-electron chi connectivity index (χ0n) is 4.87. The molecule has 3 nitrogen and oxygen atoms in total. The Kier molecular flexibility index (Phi) is 3.33. The Bertz CT molecular complexity index is 157. The molecule has 0 aromatic carbocycles. The number of aliphatic hydroxyl groups excluding tert-OH is 1. The number of hydrogen-bond acceptors (Lipinski definition) is 3. The minimum Gasteiger partial charge on any atom is -0.385 e. The first kappa shape index (κ1) is 7.86. The van der Waals surface area contributed by atoms with Crippen LogP contribution in [0.4, 0.5) is 0 Å². The first-order valence-electron chi connectivity index (χ1n) is 2.42. The van der Waals surface area contributed by atoms with Crippen LogP contribution in [0.1, 0.15) is 6.42 Å². The van der Waals surface area contributed by atoms with Gasteiger partial charge >= 0.3 is 0 Å². The van der Waals surface area contributed by atoms with Crippen molar-refractivity contribution in [2.75, 3.05) is 0 Å². The third-order valence-electron chi connectivity index (χ3n) is 0.771. The molecular weight excluding hydrogens is 118 g/mol. The highest BCUT2D eigenvalue weighted by molar-refractivity contribution is 5.56. The van der Waals surface area contributed by atoms with Crippen LogP contribution in [0.25, 0.3) is 0 Å². The van der Waals surface area contributed by atoms with Crippen LogP contribution in [0.3, 0.4) is 0 Å². The normalized spacial score (nSPS) is 11.6. The third-order valence-corrected chi connectivity index (χ3v) is 0.771. The number of aliphatic hydroxyl groups is 1. The first-order chi connectivity index (χ1) is 4.20. The molecule has 0 aliphatic rings. The molecule has 0 aromatic heterocycles. The Morgan fingerprint density at radius 3 is 2.89 bits per heavy atom. The monoisotopic (exact) mass is 125 g/mol. The maximum atomic E-state index is 9.76. The number of aldehydes is 1. The second-order valence-electron chi connectivity index (χ2n) is 1.62. The van der Waals surface area contributed by atoms with E-state index < -0.39 is 6.10 Å². The molecule has 0 heterocycles. The van der Waals surface area contributed by atoms with E-state index in [4.69, 9.17) is 10.4 Å². The van der Waals surface area contributed by atoms with Crippen molar-refractivity contribution >= 4 is 6.29 Å². The topological polar surface area (TPSA) is 61.1 Å². The molecule has 0 spiro atoms. The van der Waals surface area contributed by atoms with Crippen LogP contribution in [-0.4, -0.2) is 17.5 Å². The molecule has 0 aliphatic heterocycles. The quantitative estimate of drug-likeness (QED) is 0.427. The van der Waals surface area contributed by atoms with Crippen molar-refractivity contribution in [3.63, 3.8) is 0 Å². The highest BCUT2D eigenvalue weighted by Gasteiger charge is 2.01. The molecule has 1 atom stereocenters. The molecule has 48 valence electrons. The molecule has 0 radical (unpaired) electrons. The van der Waals surface area contributed by atoms with Gasteiger partial charge in [-0.15, -0.1) is 0 Å². The summed E-state index contributed by atoms with van der Waals surface area (Å²) in [5, 5.41) is 16.7. The summed E-state index contributed by atoms with van der Waals surface area (Å²) in [6.07, 6.45) is -0.653. The summed E-state index contributed by atoms with van der Waals surface area (Å²) in [6, 6.07) is 1.72. The summed E-state index contributed by atoms with van der Waals surface area (Å²) in [7, 11) is 0. The van der Waals surface area contributed by atoms with Crippen LogP contribution >= 0.6 is 0 Å². The molecule has 0 unspecified atom stereocenters. The van der Waals surface area contributed by atoms with E-state index in [2.05, 4.69) is 6.58 Å². The van der Waals surface area contributed by atoms with Crippen LogP contribution in [0.15, 0.2) is 12.2 Å². The van der Waals surface area contributed by atoms with Gasteiger partial charge < -0.3 is 9.90 Å². The van der Waals surface area contributed by atoms with Gasteiger partial charge in [0.05, 0.1) is 6.07 Å². The van der Waals surface area contributed by atoms with Gasteiger partial charge in [0.2, 0.25) is 0 Å². The molecule has 9 heavy (non-hydrogen) atoms. The summed E-state index contributed by atoms with van der Waals surface area (Å²) >= 11 is 0. The van der Waals surface area contributed by atoms with Crippen molar-refractivity contribution in [3.8, 4) is 6.07 Å². The fourth-order valence-corrected chi connectivity index (χ4v) is 0.346. The maximum Gasteiger partial charge on any atom is 0.148 e. The smallest absolute Gasteiger partial charge is 0.148 e. The molecular formula is C6H7NO2. The molecule has 0 fully saturated rings. The van der Waals surface area contributed by atoms with E-state index in [1.165, 1.54) is 0 Å². The van der Waals surface area contributed by atoms with Crippen molar-refractivity contribution in [3.05, 3.63) is 12.2 Å². The average Bonchev–Trinajstić information content (AvgIpc) is 1.87. The van der Waals surface area contributed by atoms with Gasteiger partial charge in [-0.3, -0.25) is 0 Å². The SMILES string of the molecule is C=C(C#N)C[C@@H](O)C=O. The van der Waals surface area contributed by atoms with Gasteiger partial charge in [0.25, 0.3) is 0 Å². The summed E-state index contributed by atoms with van der Waals surface area (Å²) in [5.41, 5.74) is 0.217. The van der Waals surface area contributed by atoms with Gasteiger partial charge in [0.1, 0.15) is 12.4 Å². The maximum absolute atomic E-state index is 9.76. The Morgan fingerprint density at radius 2 is 2.56 bits per heavy atom. The van der Waals surface area contributed by atoms with Crippen LogP contribution in [0, 0.1) is 11.3 Å². The lowest BCUT2D eigenvalue weighted by Gasteiger charge is -1.96. The highest BCUT2D eigenvalue weighted by Crippen LogP contribution is 1.97. The highest BCUT2D eigenvalue weighted by atomic mass is 16.3. The lowest BCUT2D eigenvalue weighted by Crippen LogP contribution is -2.07. The standard InChI is InChI=1S/C6H7NO2/c1-5(3-7)2-6(9)4-8/h4,6,9H,1-2H2/t6-/m1/s1. The lowest BCUT2D eigenvalue weighted by molar-refractivity contribution is -0.114. The zero-order valence-corrected chi connectivity index (χ0v) is 4.87. The number of nitrogens with zero attached hydrogens (tertiary/aromatic N) is 1. The second-order valence-corrected chi connectivity index (χ2v) is 1.62. The molecule has 0 bridgehead atoms. The van der Waals surface area contributed by atoms with Gasteiger partial charge in [-0.05, 0) is 0 Å². The van der Waals surface area contributed by atoms with Crippen molar-refractivity contribution in [2.24, 2.45) is 0 Å². The fourth-order valence-electron chi connectivity index (χ4n) is 0.346. The van der Waals surface area contributed by atoms with Gasteiger partial charge in [0.15, 0.2) is 0 Å². The number of carbonyl (C=O) groups is 1. The van der Waals surface area contributed by atoms with E-state index in [9.17, 15) is 4.79 Å². The molecule has 0 saturated carbocycles. The van der Waals surface area contributed by atoms with Crippen LogP contribution in [0.2, 0.25) is 0 Å². The molecule has 3 heteroatoms. The number of carbonyl (C=O) groups excluding carboxylic acids is 1. The summed E-state index contributed by atoms with van der Waals surface area (Å²) in [5.74, 6) is 0. The molecule has 0 aromatic rings. The molecule has 0 amide bonds. The van der Waals surface area contributed by atoms with E-state index >= 15 is 0 Å². The van der Waals surface area contributed by atoms with Gasteiger partial charge in [-0.1, -0.05) is 6.58 Å². The van der Waals surface area contributed by atoms with Crippen LogP contribution < -0.4 is 0 Å². The Balaban J connectivity index is 3.62. The van der Waals surface area contributed by atoms with E-state index in [-0.39, 0.29) is 12.0 Å². The van der Waals surface area contributed by atoms with Gasteiger partial charge in [-0.2, -0.15) is 5.26 Å². The summed E-state index contributed by atoms with van der Waals surface area (Å²) < 4.78 is 0. The predicted octanol–water partition coefficient (Wildman–Crippen LogP) is 0.0161. The zero-order chi connectivity index (χ0) is 7.28. The predicted molar refractivity (Wildman–Crippen MR) is 31.4 cm³/mol. The van der Waals surface area contributed by atoms with Crippen molar-refractivity contribution < 1.29 is 9.90 Å². The first-order valence-corrected chi connectivity index (χ1v) is 2.42. The van der Waals surface area contributed by atoms with Crippen LogP contribution in [0.5, 0.6) is 0 Å². The van der Waals surface area contributed by atoms with Crippen molar-refractivity contribution in [1.82, 2.24) is 0 Å². The fraction of sp³-hybridized carbons (Fsp3) is 0.333. The van der Waals surface area contributed by atoms with Gasteiger partial charge in [-0.25, -0.2) is 0 Å². The number of rotatable bonds is 3. The van der Waals surface area contributed by atoms with E-state index in [1.54, 1.807) is 6.07 Å². The second kappa shape index (κ2) is 3.81. The number of hydrogen-bond donors (Lipinski definition) is 1. The van der Waals surface area contributed by atoms with E-state index in [0.29, 0.717) is 6.29 Å². The Hall–Kier alpha value is -1.14. The van der Waals surface area contributed by atoms with E-state index in [0.717, 1.165) is 0 Å². The minimum absolute atomic E-state index is 0.0417. The summed E-state index contributed by atoms with van der Waals surface area (Å²) in [4.78, 5) is 9.76. The van der Waals surface area contributed by atoms with Crippen molar-refractivity contribution in [2.45, 2.75) is 12.5 Å². The van der Waals surface area contributed by atoms with Gasteiger partial charge in [0, 0.05) is 12.0 Å². The largest absolute Gasteiger partial charge is 0.385 e. The molecule has 0 aliphatic carbocycles. The average molecular weight is 125 g/mol. The van der Waals surface area contributed by atoms with Crippen molar-refractivity contribution in [1.29, 1.82) is 5.26 Å².